The minimum Gasteiger partial charge on any atom is -0.488 e. The van der Waals surface area contributed by atoms with Gasteiger partial charge in [0.05, 0.1) is 11.7 Å². The van der Waals surface area contributed by atoms with Crippen LogP contribution >= 0.6 is 0 Å². The minimum atomic E-state index is -0.0727. The van der Waals surface area contributed by atoms with E-state index in [0.29, 0.717) is 13.2 Å². The van der Waals surface area contributed by atoms with Gasteiger partial charge in [0.25, 0.3) is 0 Å². The monoisotopic (exact) mass is 254 g/mol. The molecule has 2 heterocycles. The zero-order chi connectivity index (χ0) is 13.2. The van der Waals surface area contributed by atoms with Crippen LogP contribution in [-0.2, 0) is 13.2 Å². The van der Waals surface area contributed by atoms with Crippen LogP contribution in [0.3, 0.4) is 0 Å². The molecule has 0 bridgehead atoms. The van der Waals surface area contributed by atoms with Crippen LogP contribution in [0.1, 0.15) is 12.5 Å². The van der Waals surface area contributed by atoms with Crippen LogP contribution in [0.2, 0.25) is 0 Å². The van der Waals surface area contributed by atoms with E-state index in [1.807, 2.05) is 31.3 Å². The van der Waals surface area contributed by atoms with Crippen molar-refractivity contribution in [1.29, 1.82) is 0 Å². The quantitative estimate of drug-likeness (QED) is 0.467. The maximum Gasteiger partial charge on any atom is 0.129 e. The molecule has 0 N–H and O–H groups in total. The summed E-state index contributed by atoms with van der Waals surface area (Å²) in [5.41, 5.74) is 11.9. The molecule has 5 heteroatoms. The van der Waals surface area contributed by atoms with Gasteiger partial charge in [-0.3, -0.25) is 0 Å². The SMILES string of the molecule is CC(Cn1ccc2c1-c1ccccc1OC2)N=[N+]=[N-]. The van der Waals surface area contributed by atoms with Crippen molar-refractivity contribution in [1.82, 2.24) is 4.57 Å². The van der Waals surface area contributed by atoms with Crippen molar-refractivity contribution in [3.05, 3.63) is 52.5 Å². The molecule has 0 radical (unpaired) electrons. The van der Waals surface area contributed by atoms with Crippen LogP contribution in [0.15, 0.2) is 41.6 Å². The number of fused-ring (bicyclic) bond motifs is 3. The van der Waals surface area contributed by atoms with Gasteiger partial charge in [-0.05, 0) is 23.7 Å². The highest BCUT2D eigenvalue weighted by Crippen LogP contribution is 2.37. The van der Waals surface area contributed by atoms with E-state index in [9.17, 15) is 0 Å². The van der Waals surface area contributed by atoms with E-state index in [-0.39, 0.29) is 6.04 Å². The fraction of sp³-hybridized carbons (Fsp3) is 0.286. The molecule has 0 fully saturated rings. The summed E-state index contributed by atoms with van der Waals surface area (Å²) in [7, 11) is 0. The summed E-state index contributed by atoms with van der Waals surface area (Å²) < 4.78 is 7.86. The molecule has 1 aliphatic heterocycles. The molecule has 0 saturated carbocycles. The zero-order valence-electron chi connectivity index (χ0n) is 10.7. The third-order valence-corrected chi connectivity index (χ3v) is 3.28. The number of rotatable bonds is 3. The van der Waals surface area contributed by atoms with E-state index in [0.717, 1.165) is 11.3 Å². The molecule has 19 heavy (non-hydrogen) atoms. The number of nitrogens with zero attached hydrogens (tertiary/aromatic N) is 4. The molecule has 1 unspecified atom stereocenters. The molecule has 0 spiro atoms. The van der Waals surface area contributed by atoms with E-state index >= 15 is 0 Å². The van der Waals surface area contributed by atoms with Gasteiger partial charge in [0.2, 0.25) is 0 Å². The predicted octanol–water partition coefficient (Wildman–Crippen LogP) is 3.75. The molecule has 1 aromatic carbocycles. The third-order valence-electron chi connectivity index (χ3n) is 3.28. The molecule has 1 aromatic heterocycles. The second-order valence-corrected chi connectivity index (χ2v) is 4.68. The average Bonchev–Trinajstić information content (AvgIpc) is 2.82. The summed E-state index contributed by atoms with van der Waals surface area (Å²) in [4.78, 5) is 2.86. The van der Waals surface area contributed by atoms with Crippen LogP contribution < -0.4 is 4.74 Å². The largest absolute Gasteiger partial charge is 0.488 e. The second-order valence-electron chi connectivity index (χ2n) is 4.68. The number of benzene rings is 1. The Hall–Kier alpha value is -2.39. The van der Waals surface area contributed by atoms with Crippen molar-refractivity contribution in [2.75, 3.05) is 0 Å². The fourth-order valence-electron chi connectivity index (χ4n) is 2.47. The topological polar surface area (TPSA) is 62.9 Å². The molecule has 2 aromatic rings. The molecule has 0 aliphatic carbocycles. The summed E-state index contributed by atoms with van der Waals surface area (Å²) >= 11 is 0. The summed E-state index contributed by atoms with van der Waals surface area (Å²) in [5, 5.41) is 3.73. The lowest BCUT2D eigenvalue weighted by molar-refractivity contribution is 0.301. The average molecular weight is 254 g/mol. The molecule has 0 saturated heterocycles. The lowest BCUT2D eigenvalue weighted by Crippen LogP contribution is -2.13. The second kappa shape index (κ2) is 4.71. The summed E-state index contributed by atoms with van der Waals surface area (Å²) in [5.74, 6) is 0.909. The Morgan fingerprint density at radius 1 is 1.42 bits per heavy atom. The van der Waals surface area contributed by atoms with Crippen molar-refractivity contribution >= 4 is 0 Å². The van der Waals surface area contributed by atoms with Gasteiger partial charge in [-0.25, -0.2) is 0 Å². The van der Waals surface area contributed by atoms with Gasteiger partial charge >= 0.3 is 0 Å². The van der Waals surface area contributed by atoms with E-state index < -0.39 is 0 Å². The molecule has 1 aliphatic rings. The van der Waals surface area contributed by atoms with E-state index in [1.54, 1.807) is 0 Å². The fourth-order valence-corrected chi connectivity index (χ4v) is 2.47. The first-order valence-electron chi connectivity index (χ1n) is 6.24. The maximum atomic E-state index is 8.49. The Labute approximate surface area is 111 Å². The summed E-state index contributed by atoms with van der Waals surface area (Å²) in [6.07, 6.45) is 2.03. The smallest absolute Gasteiger partial charge is 0.129 e. The molecule has 0 amide bonds. The van der Waals surface area contributed by atoms with Crippen LogP contribution in [0.5, 0.6) is 5.75 Å². The Kier molecular flexibility index (Phi) is 2.89. The first kappa shape index (κ1) is 11.7. The lowest BCUT2D eigenvalue weighted by Gasteiger charge is -2.21. The maximum absolute atomic E-state index is 8.49. The van der Waals surface area contributed by atoms with Gasteiger partial charge in [-0.15, -0.1) is 0 Å². The summed E-state index contributed by atoms with van der Waals surface area (Å²) in [6, 6.07) is 10.0. The molecule has 96 valence electrons. The molecular weight excluding hydrogens is 240 g/mol. The number of azide groups is 1. The van der Waals surface area contributed by atoms with E-state index in [2.05, 4.69) is 26.7 Å². The Bertz CT molecular complexity index is 655. The molecule has 3 rings (SSSR count). The number of hydrogen-bond donors (Lipinski definition) is 0. The van der Waals surface area contributed by atoms with Crippen LogP contribution in [0.4, 0.5) is 0 Å². The predicted molar refractivity (Wildman–Crippen MR) is 72.8 cm³/mol. The van der Waals surface area contributed by atoms with Crippen LogP contribution in [0.25, 0.3) is 21.7 Å². The van der Waals surface area contributed by atoms with Gasteiger partial charge in [0, 0.05) is 28.8 Å². The van der Waals surface area contributed by atoms with Crippen molar-refractivity contribution in [3.63, 3.8) is 0 Å². The van der Waals surface area contributed by atoms with Gasteiger partial charge < -0.3 is 9.30 Å². The van der Waals surface area contributed by atoms with E-state index in [4.69, 9.17) is 10.3 Å². The highest BCUT2D eigenvalue weighted by atomic mass is 16.5. The normalized spacial score (nSPS) is 13.7. The first-order chi connectivity index (χ1) is 9.29. The van der Waals surface area contributed by atoms with Gasteiger partial charge in [0.1, 0.15) is 12.4 Å². The molecule has 5 nitrogen and oxygen atoms in total. The number of aromatic nitrogens is 1. The van der Waals surface area contributed by atoms with Crippen molar-refractivity contribution in [3.8, 4) is 17.0 Å². The van der Waals surface area contributed by atoms with Crippen molar-refractivity contribution < 1.29 is 4.74 Å². The van der Waals surface area contributed by atoms with Crippen molar-refractivity contribution in [2.24, 2.45) is 5.11 Å². The Morgan fingerprint density at radius 3 is 3.11 bits per heavy atom. The minimum absolute atomic E-state index is 0.0727. The number of ether oxygens (including phenoxy) is 1. The van der Waals surface area contributed by atoms with Gasteiger partial charge in [0.15, 0.2) is 0 Å². The third kappa shape index (κ3) is 2.04. The zero-order valence-corrected chi connectivity index (χ0v) is 10.7. The molecule has 1 atom stereocenters. The van der Waals surface area contributed by atoms with Crippen molar-refractivity contribution in [2.45, 2.75) is 26.1 Å². The standard InChI is InChI=1S/C14H14N4O/c1-10(16-17-15)8-18-7-6-11-9-19-13-5-3-2-4-12(13)14(11)18/h2-7,10H,8-9H2,1H3. The van der Waals surface area contributed by atoms with Gasteiger partial charge in [-0.1, -0.05) is 24.2 Å². The first-order valence-corrected chi connectivity index (χ1v) is 6.24. The van der Waals surface area contributed by atoms with E-state index in [1.165, 1.54) is 11.3 Å². The lowest BCUT2D eigenvalue weighted by atomic mass is 10.0. The van der Waals surface area contributed by atoms with Crippen LogP contribution in [0, 0.1) is 0 Å². The number of hydrogen-bond acceptors (Lipinski definition) is 2. The summed E-state index contributed by atoms with van der Waals surface area (Å²) in [6.45, 7) is 3.18. The number of para-hydroxylation sites is 1. The highest BCUT2D eigenvalue weighted by molar-refractivity contribution is 5.72. The molecular formula is C14H14N4O. The highest BCUT2D eigenvalue weighted by Gasteiger charge is 2.20. The Morgan fingerprint density at radius 2 is 2.26 bits per heavy atom. The van der Waals surface area contributed by atoms with Crippen LogP contribution in [-0.4, -0.2) is 10.6 Å². The Balaban J connectivity index is 2.03. The van der Waals surface area contributed by atoms with Gasteiger partial charge in [-0.2, -0.15) is 0 Å².